The fourth-order valence-electron chi connectivity index (χ4n) is 3.20. The molecule has 0 radical (unpaired) electrons. The summed E-state index contributed by atoms with van der Waals surface area (Å²) in [6, 6.07) is 14.6. The molecule has 28 heavy (non-hydrogen) atoms. The van der Waals surface area contributed by atoms with Gasteiger partial charge < -0.3 is 21.3 Å². The third-order valence-corrected chi connectivity index (χ3v) is 4.86. The van der Waals surface area contributed by atoms with E-state index in [1.165, 1.54) is 0 Å². The van der Waals surface area contributed by atoms with Crippen LogP contribution in [0.15, 0.2) is 48.5 Å². The normalized spacial score (nSPS) is 18.5. The van der Waals surface area contributed by atoms with Crippen molar-refractivity contribution in [3.63, 3.8) is 0 Å². The zero-order valence-corrected chi connectivity index (χ0v) is 16.9. The summed E-state index contributed by atoms with van der Waals surface area (Å²) in [5.41, 5.74) is 2.75. The van der Waals surface area contributed by atoms with Gasteiger partial charge in [-0.15, -0.1) is 12.4 Å². The molecular weight excluding hydrogens is 376 g/mol. The largest absolute Gasteiger partial charge is 0.348 e. The summed E-state index contributed by atoms with van der Waals surface area (Å²) in [5, 5.41) is 12.1. The minimum absolute atomic E-state index is 0. The minimum atomic E-state index is -0.341. The number of nitrogens with one attached hydrogen (secondary N) is 4. The van der Waals surface area contributed by atoms with Gasteiger partial charge in [0.05, 0.1) is 0 Å². The van der Waals surface area contributed by atoms with Crippen LogP contribution in [-0.4, -0.2) is 30.6 Å². The Morgan fingerprint density at radius 3 is 2.54 bits per heavy atom. The van der Waals surface area contributed by atoms with E-state index in [-0.39, 0.29) is 36.4 Å². The van der Waals surface area contributed by atoms with Crippen molar-refractivity contribution in [3.8, 4) is 0 Å². The Bertz CT molecular complexity index is 813. The van der Waals surface area contributed by atoms with Gasteiger partial charge >= 0.3 is 6.03 Å². The molecule has 1 heterocycles. The van der Waals surface area contributed by atoms with E-state index < -0.39 is 0 Å². The van der Waals surface area contributed by atoms with Gasteiger partial charge in [0.2, 0.25) is 0 Å². The van der Waals surface area contributed by atoms with Crippen LogP contribution in [0.4, 0.5) is 16.2 Å². The second kappa shape index (κ2) is 10.1. The monoisotopic (exact) mass is 402 g/mol. The van der Waals surface area contributed by atoms with Crippen LogP contribution >= 0.6 is 12.4 Å². The number of halogens is 1. The van der Waals surface area contributed by atoms with E-state index in [1.54, 1.807) is 12.1 Å². The summed E-state index contributed by atoms with van der Waals surface area (Å²) in [6.07, 6.45) is 2.02. The third kappa shape index (κ3) is 5.71. The molecule has 0 aromatic heterocycles. The Morgan fingerprint density at radius 1 is 1.07 bits per heavy atom. The summed E-state index contributed by atoms with van der Waals surface area (Å²) in [6.45, 7) is 4.97. The molecule has 0 spiro atoms. The smallest absolute Gasteiger partial charge is 0.323 e. The highest BCUT2D eigenvalue weighted by molar-refractivity contribution is 6.02. The van der Waals surface area contributed by atoms with Gasteiger partial charge in [0, 0.05) is 29.0 Å². The lowest BCUT2D eigenvalue weighted by atomic mass is 9.99. The molecular formula is C21H27ClN4O2. The van der Waals surface area contributed by atoms with E-state index in [4.69, 9.17) is 0 Å². The lowest BCUT2D eigenvalue weighted by Crippen LogP contribution is -2.51. The molecule has 3 rings (SSSR count). The molecule has 1 aliphatic heterocycles. The molecule has 2 unspecified atom stereocenters. The fourth-order valence-corrected chi connectivity index (χ4v) is 3.20. The van der Waals surface area contributed by atoms with Gasteiger partial charge in [0.15, 0.2) is 0 Å². The van der Waals surface area contributed by atoms with Gasteiger partial charge in [-0.3, -0.25) is 4.79 Å². The van der Waals surface area contributed by atoms with E-state index in [0.29, 0.717) is 16.9 Å². The SMILES string of the molecule is Cc1ccc(C(=O)NC2CCCNC2C)cc1NC(=O)Nc1ccccc1.Cl. The lowest BCUT2D eigenvalue weighted by Gasteiger charge is -2.30. The van der Waals surface area contributed by atoms with Crippen LogP contribution in [0.3, 0.4) is 0 Å². The number of hydrogen-bond donors (Lipinski definition) is 4. The maximum Gasteiger partial charge on any atom is 0.323 e. The molecule has 2 atom stereocenters. The van der Waals surface area contributed by atoms with Crippen molar-refractivity contribution in [2.75, 3.05) is 17.2 Å². The predicted molar refractivity (Wildman–Crippen MR) is 115 cm³/mol. The molecule has 6 nitrogen and oxygen atoms in total. The first-order valence-electron chi connectivity index (χ1n) is 9.31. The molecule has 4 N–H and O–H groups in total. The average molecular weight is 403 g/mol. The van der Waals surface area contributed by atoms with Crippen molar-refractivity contribution in [2.24, 2.45) is 0 Å². The number of amides is 3. The first kappa shape index (κ1) is 21.7. The number of carbonyl (C=O) groups is 2. The summed E-state index contributed by atoms with van der Waals surface area (Å²) in [4.78, 5) is 24.9. The maximum absolute atomic E-state index is 12.6. The number of para-hydroxylation sites is 1. The molecule has 2 aromatic carbocycles. The molecule has 1 fully saturated rings. The average Bonchev–Trinajstić information content (AvgIpc) is 2.66. The molecule has 0 aliphatic carbocycles. The number of anilines is 2. The number of urea groups is 1. The van der Waals surface area contributed by atoms with Crippen molar-refractivity contribution in [2.45, 2.75) is 38.8 Å². The number of aryl methyl sites for hydroxylation is 1. The summed E-state index contributed by atoms with van der Waals surface area (Å²) < 4.78 is 0. The number of piperidine rings is 1. The molecule has 1 aliphatic rings. The van der Waals surface area contributed by atoms with Gasteiger partial charge in [-0.2, -0.15) is 0 Å². The Labute approximate surface area is 171 Å². The van der Waals surface area contributed by atoms with Gasteiger partial charge in [-0.25, -0.2) is 4.79 Å². The van der Waals surface area contributed by atoms with Crippen LogP contribution in [0.5, 0.6) is 0 Å². The maximum atomic E-state index is 12.6. The number of carbonyl (C=O) groups excluding carboxylic acids is 2. The van der Waals surface area contributed by atoms with Crippen LogP contribution in [0.2, 0.25) is 0 Å². The molecule has 3 amide bonds. The minimum Gasteiger partial charge on any atom is -0.348 e. The second-order valence-electron chi connectivity index (χ2n) is 6.94. The molecule has 150 valence electrons. The number of rotatable bonds is 4. The fraction of sp³-hybridized carbons (Fsp3) is 0.333. The van der Waals surface area contributed by atoms with Crippen LogP contribution in [-0.2, 0) is 0 Å². The zero-order chi connectivity index (χ0) is 19.2. The second-order valence-corrected chi connectivity index (χ2v) is 6.94. The van der Waals surface area contributed by atoms with E-state index in [1.807, 2.05) is 43.3 Å². The van der Waals surface area contributed by atoms with Gasteiger partial charge in [-0.1, -0.05) is 24.3 Å². The summed E-state index contributed by atoms with van der Waals surface area (Å²) >= 11 is 0. The number of hydrogen-bond acceptors (Lipinski definition) is 3. The quantitative estimate of drug-likeness (QED) is 0.625. The highest BCUT2D eigenvalue weighted by atomic mass is 35.5. The molecule has 1 saturated heterocycles. The van der Waals surface area contributed by atoms with Crippen molar-refractivity contribution < 1.29 is 9.59 Å². The molecule has 2 aromatic rings. The van der Waals surface area contributed by atoms with Crippen molar-refractivity contribution in [1.29, 1.82) is 0 Å². The van der Waals surface area contributed by atoms with Crippen molar-refractivity contribution >= 4 is 35.7 Å². The first-order chi connectivity index (χ1) is 13.0. The predicted octanol–water partition coefficient (Wildman–Crippen LogP) is 3.93. The molecule has 0 bridgehead atoms. The van der Waals surface area contributed by atoms with E-state index in [2.05, 4.69) is 28.2 Å². The van der Waals surface area contributed by atoms with E-state index in [9.17, 15) is 9.59 Å². The summed E-state index contributed by atoms with van der Waals surface area (Å²) in [7, 11) is 0. The van der Waals surface area contributed by atoms with Crippen molar-refractivity contribution in [1.82, 2.24) is 10.6 Å². The standard InChI is InChI=1S/C21H26N4O2.ClH/c1-14-10-11-16(20(26)24-18-9-6-12-22-15(18)2)13-19(14)25-21(27)23-17-7-4-3-5-8-17;/h3-5,7-8,10-11,13,15,18,22H,6,9,12H2,1-2H3,(H,24,26)(H2,23,25,27);1H. The Morgan fingerprint density at radius 2 is 1.82 bits per heavy atom. The highest BCUT2D eigenvalue weighted by Gasteiger charge is 2.23. The van der Waals surface area contributed by atoms with E-state index in [0.717, 1.165) is 24.9 Å². The third-order valence-electron chi connectivity index (χ3n) is 4.86. The van der Waals surface area contributed by atoms with Crippen LogP contribution in [0, 0.1) is 6.92 Å². The van der Waals surface area contributed by atoms with Gasteiger partial charge in [0.25, 0.3) is 5.91 Å². The highest BCUT2D eigenvalue weighted by Crippen LogP contribution is 2.18. The molecule has 0 saturated carbocycles. The van der Waals surface area contributed by atoms with Gasteiger partial charge in [0.1, 0.15) is 0 Å². The Hall–Kier alpha value is -2.57. The zero-order valence-electron chi connectivity index (χ0n) is 16.1. The van der Waals surface area contributed by atoms with Crippen LogP contribution in [0.1, 0.15) is 35.7 Å². The Balaban J connectivity index is 0.00000280. The topological polar surface area (TPSA) is 82.3 Å². The number of benzene rings is 2. The molecule has 7 heteroatoms. The summed E-state index contributed by atoms with van der Waals surface area (Å²) in [5.74, 6) is -0.123. The van der Waals surface area contributed by atoms with E-state index >= 15 is 0 Å². The van der Waals surface area contributed by atoms with Crippen molar-refractivity contribution in [3.05, 3.63) is 59.7 Å². The van der Waals surface area contributed by atoms with Crippen LogP contribution < -0.4 is 21.3 Å². The Kier molecular flexibility index (Phi) is 7.84. The van der Waals surface area contributed by atoms with Gasteiger partial charge in [-0.05, 0) is 63.1 Å². The lowest BCUT2D eigenvalue weighted by molar-refractivity contribution is 0.0920. The van der Waals surface area contributed by atoms with Crippen LogP contribution in [0.25, 0.3) is 0 Å². The first-order valence-corrected chi connectivity index (χ1v) is 9.31.